The lowest BCUT2D eigenvalue weighted by Gasteiger charge is -2.22. The van der Waals surface area contributed by atoms with Crippen LogP contribution in [0.3, 0.4) is 0 Å². The van der Waals surface area contributed by atoms with Crippen molar-refractivity contribution in [3.63, 3.8) is 0 Å². The summed E-state index contributed by atoms with van der Waals surface area (Å²) < 4.78 is 5.13. The van der Waals surface area contributed by atoms with Gasteiger partial charge in [-0.1, -0.05) is 29.8 Å². The maximum absolute atomic E-state index is 11.7. The number of primary amides is 1. The van der Waals surface area contributed by atoms with E-state index in [-0.39, 0.29) is 0 Å². The van der Waals surface area contributed by atoms with Crippen LogP contribution in [0.15, 0.2) is 24.3 Å². The quantitative estimate of drug-likeness (QED) is 0.873. The van der Waals surface area contributed by atoms with Crippen LogP contribution in [-0.2, 0) is 16.0 Å². The molecule has 0 aromatic heterocycles. The molecular formula is C16H24N2O3. The van der Waals surface area contributed by atoms with E-state index in [1.165, 1.54) is 5.56 Å². The molecule has 0 fully saturated rings. The standard InChI is InChI=1S/C16H24N2O3/c1-11-5-7-12(8-6-11)9-10-13(14(17)19)18-15(20)21-16(2,3)4/h5-8,13H,9-10H2,1-4H3,(H2,17,19)(H,18,20)/t13-/m1/s1. The van der Waals surface area contributed by atoms with E-state index in [9.17, 15) is 9.59 Å². The number of carbonyl (C=O) groups is 2. The third-order valence-corrected chi connectivity index (χ3v) is 2.88. The summed E-state index contributed by atoms with van der Waals surface area (Å²) >= 11 is 0. The van der Waals surface area contributed by atoms with Crippen LogP contribution < -0.4 is 11.1 Å². The fourth-order valence-electron chi connectivity index (χ4n) is 1.80. The number of nitrogens with one attached hydrogen (secondary N) is 1. The zero-order valence-corrected chi connectivity index (χ0v) is 13.1. The first-order valence-corrected chi connectivity index (χ1v) is 7.02. The number of amides is 2. The van der Waals surface area contributed by atoms with E-state index in [4.69, 9.17) is 10.5 Å². The number of hydrogen-bond acceptors (Lipinski definition) is 3. The maximum Gasteiger partial charge on any atom is 0.408 e. The van der Waals surface area contributed by atoms with E-state index in [1.54, 1.807) is 20.8 Å². The van der Waals surface area contributed by atoms with Gasteiger partial charge in [0.1, 0.15) is 11.6 Å². The minimum absolute atomic E-state index is 0.442. The average molecular weight is 292 g/mol. The Bertz CT molecular complexity index is 489. The zero-order valence-electron chi connectivity index (χ0n) is 13.1. The van der Waals surface area contributed by atoms with Crippen molar-refractivity contribution in [2.75, 3.05) is 0 Å². The van der Waals surface area contributed by atoms with E-state index in [0.29, 0.717) is 12.8 Å². The van der Waals surface area contributed by atoms with E-state index < -0.39 is 23.6 Å². The summed E-state index contributed by atoms with van der Waals surface area (Å²) in [7, 11) is 0. The van der Waals surface area contributed by atoms with E-state index in [2.05, 4.69) is 5.32 Å². The summed E-state index contributed by atoms with van der Waals surface area (Å²) in [5.74, 6) is -0.562. The second-order valence-electron chi connectivity index (χ2n) is 6.13. The molecule has 2 amide bonds. The Morgan fingerprint density at radius 1 is 1.24 bits per heavy atom. The SMILES string of the molecule is Cc1ccc(CC[C@@H](NC(=O)OC(C)(C)C)C(N)=O)cc1. The van der Waals surface area contributed by atoms with E-state index in [0.717, 1.165) is 5.56 Å². The maximum atomic E-state index is 11.7. The number of carbonyl (C=O) groups excluding carboxylic acids is 2. The zero-order chi connectivity index (χ0) is 16.0. The van der Waals surface area contributed by atoms with Gasteiger partial charge in [0.05, 0.1) is 0 Å². The molecule has 0 heterocycles. The number of ether oxygens (including phenoxy) is 1. The lowest BCUT2D eigenvalue weighted by atomic mass is 10.0. The topological polar surface area (TPSA) is 81.4 Å². The Hall–Kier alpha value is -2.04. The van der Waals surface area contributed by atoms with Crippen molar-refractivity contribution in [2.24, 2.45) is 5.73 Å². The van der Waals surface area contributed by atoms with Gasteiger partial charge in [-0.2, -0.15) is 0 Å². The first-order chi connectivity index (χ1) is 9.67. The number of alkyl carbamates (subject to hydrolysis) is 1. The predicted molar refractivity (Wildman–Crippen MR) is 81.9 cm³/mol. The minimum Gasteiger partial charge on any atom is -0.444 e. The van der Waals surface area contributed by atoms with Crippen LogP contribution in [0, 0.1) is 6.92 Å². The fourth-order valence-corrected chi connectivity index (χ4v) is 1.80. The number of benzene rings is 1. The van der Waals surface area contributed by atoms with Gasteiger partial charge in [0, 0.05) is 0 Å². The molecule has 0 radical (unpaired) electrons. The Morgan fingerprint density at radius 2 is 1.81 bits per heavy atom. The molecular weight excluding hydrogens is 268 g/mol. The van der Waals surface area contributed by atoms with Gasteiger partial charge < -0.3 is 15.8 Å². The van der Waals surface area contributed by atoms with Crippen LogP contribution in [0.1, 0.15) is 38.3 Å². The first-order valence-electron chi connectivity index (χ1n) is 7.02. The second-order valence-corrected chi connectivity index (χ2v) is 6.13. The fraction of sp³-hybridized carbons (Fsp3) is 0.500. The smallest absolute Gasteiger partial charge is 0.408 e. The first kappa shape index (κ1) is 17.0. The molecule has 1 rings (SSSR count). The van der Waals surface area contributed by atoms with Crippen LogP contribution in [-0.4, -0.2) is 23.6 Å². The third-order valence-electron chi connectivity index (χ3n) is 2.88. The molecule has 21 heavy (non-hydrogen) atoms. The van der Waals surface area contributed by atoms with Gasteiger partial charge in [-0.3, -0.25) is 4.79 Å². The van der Waals surface area contributed by atoms with Crippen LogP contribution >= 0.6 is 0 Å². The Labute approximate surface area is 125 Å². The Kier molecular flexibility index (Phi) is 5.76. The second kappa shape index (κ2) is 7.11. The van der Waals surface area contributed by atoms with Crippen molar-refractivity contribution < 1.29 is 14.3 Å². The molecule has 1 aromatic carbocycles. The summed E-state index contributed by atoms with van der Waals surface area (Å²) in [5.41, 5.74) is 6.99. The van der Waals surface area contributed by atoms with Gasteiger partial charge in [0.2, 0.25) is 5.91 Å². The van der Waals surface area contributed by atoms with Crippen LogP contribution in [0.25, 0.3) is 0 Å². The summed E-state index contributed by atoms with van der Waals surface area (Å²) in [4.78, 5) is 23.1. The summed E-state index contributed by atoms with van der Waals surface area (Å²) in [5, 5.41) is 2.52. The van der Waals surface area contributed by atoms with Crippen molar-refractivity contribution in [3.05, 3.63) is 35.4 Å². The molecule has 5 heteroatoms. The minimum atomic E-state index is -0.735. The highest BCUT2D eigenvalue weighted by molar-refractivity contribution is 5.84. The highest BCUT2D eigenvalue weighted by Gasteiger charge is 2.22. The summed E-state index contributed by atoms with van der Waals surface area (Å²) in [6, 6.07) is 7.29. The molecule has 0 aliphatic heterocycles. The van der Waals surface area contributed by atoms with Crippen molar-refractivity contribution in [3.8, 4) is 0 Å². The van der Waals surface area contributed by atoms with Crippen molar-refractivity contribution >= 4 is 12.0 Å². The number of hydrogen-bond donors (Lipinski definition) is 2. The molecule has 0 saturated carbocycles. The van der Waals surface area contributed by atoms with E-state index in [1.807, 2.05) is 31.2 Å². The number of nitrogens with two attached hydrogens (primary N) is 1. The Morgan fingerprint density at radius 3 is 2.29 bits per heavy atom. The van der Waals surface area contributed by atoms with Crippen LogP contribution in [0.2, 0.25) is 0 Å². The van der Waals surface area contributed by atoms with Gasteiger partial charge >= 0.3 is 6.09 Å². The van der Waals surface area contributed by atoms with Crippen molar-refractivity contribution in [1.29, 1.82) is 0 Å². The molecule has 0 aliphatic carbocycles. The predicted octanol–water partition coefficient (Wildman–Crippen LogP) is 2.31. The summed E-state index contributed by atoms with van der Waals surface area (Å²) in [6.07, 6.45) is 0.469. The molecule has 5 nitrogen and oxygen atoms in total. The van der Waals surface area contributed by atoms with Crippen LogP contribution in [0.4, 0.5) is 4.79 Å². The molecule has 0 bridgehead atoms. The van der Waals surface area contributed by atoms with Crippen LogP contribution in [0.5, 0.6) is 0 Å². The van der Waals surface area contributed by atoms with Crippen molar-refractivity contribution in [1.82, 2.24) is 5.32 Å². The third kappa shape index (κ3) is 6.79. The molecule has 0 unspecified atom stereocenters. The van der Waals surface area contributed by atoms with Gasteiger partial charge in [0.25, 0.3) is 0 Å². The molecule has 0 spiro atoms. The summed E-state index contributed by atoms with van der Waals surface area (Å²) in [6.45, 7) is 7.30. The van der Waals surface area contributed by atoms with Gasteiger partial charge in [-0.15, -0.1) is 0 Å². The van der Waals surface area contributed by atoms with Gasteiger partial charge in [0.15, 0.2) is 0 Å². The Balaban J connectivity index is 2.56. The van der Waals surface area contributed by atoms with Gasteiger partial charge in [-0.05, 0) is 46.1 Å². The highest BCUT2D eigenvalue weighted by Crippen LogP contribution is 2.10. The average Bonchev–Trinajstić information content (AvgIpc) is 2.33. The molecule has 116 valence electrons. The lowest BCUT2D eigenvalue weighted by molar-refractivity contribution is -0.120. The molecule has 3 N–H and O–H groups in total. The molecule has 1 atom stereocenters. The molecule has 0 aliphatic rings. The highest BCUT2D eigenvalue weighted by atomic mass is 16.6. The molecule has 0 saturated heterocycles. The molecule has 1 aromatic rings. The number of rotatable bonds is 5. The van der Waals surface area contributed by atoms with Crippen molar-refractivity contribution in [2.45, 2.75) is 52.2 Å². The normalized spacial score (nSPS) is 12.6. The monoisotopic (exact) mass is 292 g/mol. The number of aryl methyl sites for hydroxylation is 2. The largest absolute Gasteiger partial charge is 0.444 e. The van der Waals surface area contributed by atoms with Gasteiger partial charge in [-0.25, -0.2) is 4.79 Å². The lowest BCUT2D eigenvalue weighted by Crippen LogP contribution is -2.46. The van der Waals surface area contributed by atoms with E-state index >= 15 is 0 Å².